The van der Waals surface area contributed by atoms with Crippen LogP contribution in [0.5, 0.6) is 0 Å². The van der Waals surface area contributed by atoms with Crippen molar-refractivity contribution in [3.63, 3.8) is 0 Å². The second-order valence-electron chi connectivity index (χ2n) is 6.57. The number of ether oxygens (including phenoxy) is 1. The molecule has 2 heterocycles. The summed E-state index contributed by atoms with van der Waals surface area (Å²) in [4.78, 5) is 43.1. The standard InChI is InChI=1S/C20H18N2O6/c23-17(27-11-13-6-2-1-3-7-13)12-28-22-16-10-21(20(22)26)18(19(24)25)15-9-5-4-8-14(15)16/h1-9,16,18H,10-12H2,(H,24,25). The van der Waals surface area contributed by atoms with Gasteiger partial charge in [-0.25, -0.2) is 14.4 Å². The van der Waals surface area contributed by atoms with Crippen molar-refractivity contribution in [3.8, 4) is 0 Å². The molecule has 1 fully saturated rings. The summed E-state index contributed by atoms with van der Waals surface area (Å²) in [5, 5.41) is 10.7. The highest BCUT2D eigenvalue weighted by Gasteiger charge is 2.51. The van der Waals surface area contributed by atoms with Gasteiger partial charge in [-0.1, -0.05) is 54.6 Å². The first-order valence-electron chi connectivity index (χ1n) is 8.80. The number of carboxylic acids is 1. The molecule has 2 aliphatic rings. The minimum absolute atomic E-state index is 0.108. The van der Waals surface area contributed by atoms with E-state index < -0.39 is 36.7 Å². The number of hydroxylamine groups is 2. The third-order valence-electron chi connectivity index (χ3n) is 4.85. The van der Waals surface area contributed by atoms with Crippen LogP contribution in [-0.2, 0) is 25.8 Å². The van der Waals surface area contributed by atoms with Crippen LogP contribution in [0.15, 0.2) is 54.6 Å². The highest BCUT2D eigenvalue weighted by Crippen LogP contribution is 2.43. The van der Waals surface area contributed by atoms with Crippen LogP contribution in [0.3, 0.4) is 0 Å². The number of hydrogen-bond acceptors (Lipinski definition) is 5. The molecule has 0 saturated carbocycles. The Kier molecular flexibility index (Phi) is 4.70. The van der Waals surface area contributed by atoms with Crippen LogP contribution in [0.4, 0.5) is 4.79 Å². The van der Waals surface area contributed by atoms with E-state index in [0.717, 1.165) is 10.6 Å². The van der Waals surface area contributed by atoms with Crippen molar-refractivity contribution in [2.45, 2.75) is 18.7 Å². The number of carbonyl (C=O) groups excluding carboxylic acids is 2. The summed E-state index contributed by atoms with van der Waals surface area (Å²) in [6.07, 6.45) is 0. The number of fused-ring (bicyclic) bond motifs is 4. The number of urea groups is 1. The van der Waals surface area contributed by atoms with Crippen molar-refractivity contribution in [1.82, 2.24) is 9.96 Å². The van der Waals surface area contributed by atoms with E-state index in [-0.39, 0.29) is 13.2 Å². The number of carbonyl (C=O) groups is 3. The zero-order valence-electron chi connectivity index (χ0n) is 14.9. The average Bonchev–Trinajstić information content (AvgIpc) is 2.98. The zero-order chi connectivity index (χ0) is 19.7. The topological polar surface area (TPSA) is 96.4 Å². The maximum absolute atomic E-state index is 12.7. The number of benzene rings is 2. The van der Waals surface area contributed by atoms with Gasteiger partial charge in [-0.15, -0.1) is 0 Å². The van der Waals surface area contributed by atoms with Crippen molar-refractivity contribution in [3.05, 3.63) is 71.3 Å². The lowest BCUT2D eigenvalue weighted by Gasteiger charge is -2.29. The molecule has 28 heavy (non-hydrogen) atoms. The summed E-state index contributed by atoms with van der Waals surface area (Å²) in [5.41, 5.74) is 2.10. The molecular weight excluding hydrogens is 364 g/mol. The first kappa shape index (κ1) is 18.0. The molecule has 2 unspecified atom stereocenters. The van der Waals surface area contributed by atoms with Crippen molar-refractivity contribution >= 4 is 18.0 Å². The van der Waals surface area contributed by atoms with Crippen molar-refractivity contribution in [2.75, 3.05) is 13.2 Å². The van der Waals surface area contributed by atoms with Gasteiger partial charge in [0.15, 0.2) is 12.6 Å². The predicted molar refractivity (Wildman–Crippen MR) is 95.7 cm³/mol. The molecule has 0 aliphatic carbocycles. The van der Waals surface area contributed by atoms with Crippen LogP contribution in [0.1, 0.15) is 28.8 Å². The van der Waals surface area contributed by atoms with Gasteiger partial charge in [0.25, 0.3) is 0 Å². The van der Waals surface area contributed by atoms with Crippen LogP contribution in [0.25, 0.3) is 0 Å². The van der Waals surface area contributed by atoms with Crippen LogP contribution in [-0.4, -0.2) is 46.2 Å². The molecule has 2 aliphatic heterocycles. The maximum atomic E-state index is 12.7. The van der Waals surface area contributed by atoms with E-state index >= 15 is 0 Å². The molecule has 1 saturated heterocycles. The van der Waals surface area contributed by atoms with Gasteiger partial charge >= 0.3 is 18.0 Å². The number of esters is 1. The Morgan fingerprint density at radius 2 is 1.71 bits per heavy atom. The molecule has 0 aromatic heterocycles. The summed E-state index contributed by atoms with van der Waals surface area (Å²) >= 11 is 0. The van der Waals surface area contributed by atoms with Gasteiger partial charge in [0.05, 0.1) is 6.54 Å². The smallest absolute Gasteiger partial charge is 0.345 e. The SMILES string of the molecule is O=C(CON1C(=O)N2CC1c1ccccc1C2C(=O)O)OCc1ccccc1. The molecule has 2 aromatic rings. The van der Waals surface area contributed by atoms with Crippen LogP contribution >= 0.6 is 0 Å². The number of carboxylic acid groups (broad SMARTS) is 1. The number of aliphatic carboxylic acids is 1. The molecule has 8 nitrogen and oxygen atoms in total. The lowest BCUT2D eigenvalue weighted by Crippen LogP contribution is -2.38. The molecular formula is C20H18N2O6. The normalized spacial score (nSPS) is 20.1. The van der Waals surface area contributed by atoms with Gasteiger partial charge in [-0.3, -0.25) is 4.84 Å². The van der Waals surface area contributed by atoms with E-state index in [1.807, 2.05) is 30.3 Å². The van der Waals surface area contributed by atoms with E-state index in [0.29, 0.717) is 11.1 Å². The van der Waals surface area contributed by atoms with Crippen LogP contribution in [0, 0.1) is 0 Å². The predicted octanol–water partition coefficient (Wildman–Crippen LogP) is 2.28. The van der Waals surface area contributed by atoms with Crippen molar-refractivity contribution < 1.29 is 29.1 Å². The highest BCUT2D eigenvalue weighted by molar-refractivity contribution is 5.87. The summed E-state index contributed by atoms with van der Waals surface area (Å²) < 4.78 is 5.15. The first-order valence-corrected chi connectivity index (χ1v) is 8.80. The third kappa shape index (κ3) is 3.18. The Hall–Kier alpha value is -3.39. The second-order valence-corrected chi connectivity index (χ2v) is 6.57. The zero-order valence-corrected chi connectivity index (χ0v) is 14.9. The van der Waals surface area contributed by atoms with Gasteiger partial charge in [0.1, 0.15) is 12.6 Å². The lowest BCUT2D eigenvalue weighted by atomic mass is 9.91. The van der Waals surface area contributed by atoms with Crippen molar-refractivity contribution in [2.24, 2.45) is 0 Å². The highest BCUT2D eigenvalue weighted by atomic mass is 16.7. The molecule has 0 spiro atoms. The number of hydrogen-bond donors (Lipinski definition) is 1. The third-order valence-corrected chi connectivity index (χ3v) is 4.85. The fraction of sp³-hybridized carbons (Fsp3) is 0.250. The molecule has 4 rings (SSSR count). The van der Waals surface area contributed by atoms with Gasteiger partial charge in [-0.2, -0.15) is 5.06 Å². The van der Waals surface area contributed by atoms with E-state index in [9.17, 15) is 19.5 Å². The van der Waals surface area contributed by atoms with E-state index in [1.54, 1.807) is 24.3 Å². The number of rotatable bonds is 6. The minimum Gasteiger partial charge on any atom is -0.479 e. The fourth-order valence-corrected chi connectivity index (χ4v) is 3.58. The van der Waals surface area contributed by atoms with E-state index in [4.69, 9.17) is 9.57 Å². The number of nitrogens with zero attached hydrogens (tertiary/aromatic N) is 2. The van der Waals surface area contributed by atoms with E-state index in [2.05, 4.69) is 0 Å². The monoisotopic (exact) mass is 382 g/mol. The molecule has 2 atom stereocenters. The van der Waals surface area contributed by atoms with Crippen LogP contribution in [0.2, 0.25) is 0 Å². The molecule has 2 amide bonds. The average molecular weight is 382 g/mol. The maximum Gasteiger partial charge on any atom is 0.345 e. The number of amides is 2. The fourth-order valence-electron chi connectivity index (χ4n) is 3.58. The van der Waals surface area contributed by atoms with Gasteiger partial charge in [-0.05, 0) is 16.7 Å². The van der Waals surface area contributed by atoms with Crippen LogP contribution < -0.4 is 0 Å². The molecule has 0 radical (unpaired) electrons. The molecule has 1 N–H and O–H groups in total. The summed E-state index contributed by atoms with van der Waals surface area (Å²) in [5.74, 6) is -1.72. The van der Waals surface area contributed by atoms with Gasteiger partial charge in [0.2, 0.25) is 0 Å². The Balaban J connectivity index is 1.44. The largest absolute Gasteiger partial charge is 0.479 e. The van der Waals surface area contributed by atoms with Crippen molar-refractivity contribution in [1.29, 1.82) is 0 Å². The Morgan fingerprint density at radius 1 is 1.04 bits per heavy atom. The summed E-state index contributed by atoms with van der Waals surface area (Å²) in [6.45, 7) is -0.148. The second kappa shape index (κ2) is 7.32. The minimum atomic E-state index is -1.11. The Labute approximate surface area is 160 Å². The first-order chi connectivity index (χ1) is 13.6. The quantitative estimate of drug-likeness (QED) is 0.770. The van der Waals surface area contributed by atoms with Gasteiger partial charge < -0.3 is 14.7 Å². The molecule has 2 bridgehead atoms. The molecule has 2 aromatic carbocycles. The lowest BCUT2D eigenvalue weighted by molar-refractivity contribution is -0.174. The molecule has 8 heteroatoms. The van der Waals surface area contributed by atoms with Gasteiger partial charge in [0, 0.05) is 0 Å². The molecule has 144 valence electrons. The summed E-state index contributed by atoms with van der Waals surface area (Å²) in [7, 11) is 0. The Bertz CT molecular complexity index is 916. The van der Waals surface area contributed by atoms with E-state index in [1.165, 1.54) is 4.90 Å². The summed E-state index contributed by atoms with van der Waals surface area (Å²) in [6, 6.07) is 14.1. The Morgan fingerprint density at radius 3 is 2.43 bits per heavy atom.